The number of hydrogen-bond acceptors (Lipinski definition) is 3. The van der Waals surface area contributed by atoms with Crippen LogP contribution in [-0.4, -0.2) is 43.2 Å². The van der Waals surface area contributed by atoms with Crippen LogP contribution in [0, 0.1) is 11.6 Å². The first kappa shape index (κ1) is 15.0. The Labute approximate surface area is 106 Å². The molecule has 5 heteroatoms. The summed E-state index contributed by atoms with van der Waals surface area (Å²) in [7, 11) is 1.99. The molecule has 0 saturated carbocycles. The average Bonchev–Trinajstić information content (AvgIpc) is 2.36. The van der Waals surface area contributed by atoms with E-state index in [1.807, 2.05) is 7.05 Å². The molecule has 0 aliphatic rings. The van der Waals surface area contributed by atoms with Crippen molar-refractivity contribution in [2.75, 3.05) is 33.2 Å². The van der Waals surface area contributed by atoms with Crippen molar-refractivity contribution in [1.82, 2.24) is 10.2 Å². The van der Waals surface area contributed by atoms with Gasteiger partial charge in [-0.15, -0.1) is 0 Å². The predicted molar refractivity (Wildman–Crippen MR) is 67.4 cm³/mol. The Kier molecular flexibility index (Phi) is 6.18. The van der Waals surface area contributed by atoms with Crippen molar-refractivity contribution >= 4 is 0 Å². The van der Waals surface area contributed by atoms with Crippen molar-refractivity contribution in [3.63, 3.8) is 0 Å². The van der Waals surface area contributed by atoms with Gasteiger partial charge < -0.3 is 15.3 Å². The van der Waals surface area contributed by atoms with Crippen LogP contribution in [0.1, 0.15) is 18.6 Å². The molecule has 102 valence electrons. The average molecular weight is 258 g/mol. The van der Waals surface area contributed by atoms with Gasteiger partial charge in [-0.3, -0.25) is 0 Å². The van der Waals surface area contributed by atoms with E-state index in [0.717, 1.165) is 31.3 Å². The third-order valence-corrected chi connectivity index (χ3v) is 2.86. The van der Waals surface area contributed by atoms with Crippen LogP contribution in [0.4, 0.5) is 8.78 Å². The lowest BCUT2D eigenvalue weighted by Gasteiger charge is -2.16. The van der Waals surface area contributed by atoms with Crippen LogP contribution in [-0.2, 0) is 0 Å². The number of rotatable bonds is 7. The summed E-state index contributed by atoms with van der Waals surface area (Å²) in [5, 5.41) is 12.8. The molecular weight excluding hydrogens is 238 g/mol. The fourth-order valence-electron chi connectivity index (χ4n) is 1.55. The van der Waals surface area contributed by atoms with Gasteiger partial charge in [0.15, 0.2) is 0 Å². The number of halogens is 2. The second kappa shape index (κ2) is 7.41. The Bertz CT molecular complexity index is 374. The zero-order valence-corrected chi connectivity index (χ0v) is 10.8. The molecule has 0 spiro atoms. The number of hydrogen-bond donors (Lipinski definition) is 2. The molecule has 0 aliphatic carbocycles. The van der Waals surface area contributed by atoms with Crippen molar-refractivity contribution in [3.8, 4) is 0 Å². The second-order valence-electron chi connectivity index (χ2n) is 4.28. The van der Waals surface area contributed by atoms with Gasteiger partial charge >= 0.3 is 0 Å². The normalized spacial score (nSPS) is 13.0. The lowest BCUT2D eigenvalue weighted by Crippen LogP contribution is -2.31. The van der Waals surface area contributed by atoms with Gasteiger partial charge in [-0.1, -0.05) is 6.92 Å². The van der Waals surface area contributed by atoms with E-state index in [4.69, 9.17) is 0 Å². The summed E-state index contributed by atoms with van der Waals surface area (Å²) < 4.78 is 26.3. The number of nitrogens with zero attached hydrogens (tertiary/aromatic N) is 1. The lowest BCUT2D eigenvalue weighted by atomic mass is 10.1. The monoisotopic (exact) mass is 258 g/mol. The van der Waals surface area contributed by atoms with Crippen molar-refractivity contribution in [1.29, 1.82) is 0 Å². The molecular formula is C13H20F2N2O. The first-order chi connectivity index (χ1) is 8.54. The maximum atomic E-state index is 13.3. The predicted octanol–water partition coefficient (Wildman–Crippen LogP) is 1.54. The van der Waals surface area contributed by atoms with Crippen LogP contribution >= 0.6 is 0 Å². The SMILES string of the molecule is CCN(C)CCNCC(O)c1cc(F)ccc1F. The van der Waals surface area contributed by atoms with E-state index in [-0.39, 0.29) is 12.1 Å². The van der Waals surface area contributed by atoms with E-state index in [2.05, 4.69) is 17.1 Å². The molecule has 1 aromatic carbocycles. The molecule has 0 bridgehead atoms. The van der Waals surface area contributed by atoms with Crippen molar-refractivity contribution in [2.45, 2.75) is 13.0 Å². The Morgan fingerprint density at radius 2 is 2.11 bits per heavy atom. The quantitative estimate of drug-likeness (QED) is 0.728. The standard InChI is InChI=1S/C13H20F2N2O/c1-3-17(2)7-6-16-9-13(18)11-8-10(14)4-5-12(11)15/h4-5,8,13,16,18H,3,6-7,9H2,1-2H3. The topological polar surface area (TPSA) is 35.5 Å². The van der Waals surface area contributed by atoms with Gasteiger partial charge in [-0.2, -0.15) is 0 Å². The molecule has 0 fully saturated rings. The zero-order chi connectivity index (χ0) is 13.5. The van der Waals surface area contributed by atoms with Crippen LogP contribution in [0.3, 0.4) is 0 Å². The third kappa shape index (κ3) is 4.68. The highest BCUT2D eigenvalue weighted by molar-refractivity contribution is 5.21. The summed E-state index contributed by atoms with van der Waals surface area (Å²) in [6.07, 6.45) is -1.03. The minimum atomic E-state index is -1.03. The highest BCUT2D eigenvalue weighted by Crippen LogP contribution is 2.17. The summed E-state index contributed by atoms with van der Waals surface area (Å²) in [4.78, 5) is 2.11. The fourth-order valence-corrected chi connectivity index (χ4v) is 1.55. The molecule has 0 saturated heterocycles. The van der Waals surface area contributed by atoms with Gasteiger partial charge in [-0.25, -0.2) is 8.78 Å². The molecule has 0 amide bonds. The minimum Gasteiger partial charge on any atom is -0.387 e. The van der Waals surface area contributed by atoms with Gasteiger partial charge in [0.05, 0.1) is 6.10 Å². The first-order valence-corrected chi connectivity index (χ1v) is 6.07. The van der Waals surface area contributed by atoms with E-state index in [1.165, 1.54) is 0 Å². The second-order valence-corrected chi connectivity index (χ2v) is 4.28. The van der Waals surface area contributed by atoms with Crippen molar-refractivity contribution in [2.24, 2.45) is 0 Å². The molecule has 18 heavy (non-hydrogen) atoms. The molecule has 0 radical (unpaired) electrons. The zero-order valence-electron chi connectivity index (χ0n) is 10.8. The molecule has 1 aromatic rings. The van der Waals surface area contributed by atoms with Gasteiger partial charge in [-0.05, 0) is 31.8 Å². The Balaban J connectivity index is 2.40. The van der Waals surface area contributed by atoms with Crippen LogP contribution in [0.5, 0.6) is 0 Å². The van der Waals surface area contributed by atoms with Crippen LogP contribution in [0.25, 0.3) is 0 Å². The molecule has 1 rings (SSSR count). The fraction of sp³-hybridized carbons (Fsp3) is 0.538. The van der Waals surface area contributed by atoms with Gasteiger partial charge in [0.1, 0.15) is 11.6 Å². The molecule has 1 atom stereocenters. The maximum absolute atomic E-state index is 13.3. The molecule has 0 aliphatic heterocycles. The van der Waals surface area contributed by atoms with Gasteiger partial charge in [0, 0.05) is 25.2 Å². The van der Waals surface area contributed by atoms with E-state index in [9.17, 15) is 13.9 Å². The summed E-state index contributed by atoms with van der Waals surface area (Å²) in [6.45, 7) is 4.74. The largest absolute Gasteiger partial charge is 0.387 e. The number of nitrogens with one attached hydrogen (secondary N) is 1. The highest BCUT2D eigenvalue weighted by Gasteiger charge is 2.13. The number of aliphatic hydroxyl groups excluding tert-OH is 1. The van der Waals surface area contributed by atoms with Gasteiger partial charge in [0.25, 0.3) is 0 Å². The molecule has 3 nitrogen and oxygen atoms in total. The molecule has 1 unspecified atom stereocenters. The first-order valence-electron chi connectivity index (χ1n) is 6.07. The van der Waals surface area contributed by atoms with E-state index in [0.29, 0.717) is 6.54 Å². The summed E-state index contributed by atoms with van der Waals surface area (Å²) >= 11 is 0. The highest BCUT2D eigenvalue weighted by atomic mass is 19.1. The summed E-state index contributed by atoms with van der Waals surface area (Å²) in [5.41, 5.74) is -0.00801. The minimum absolute atomic E-state index is 0.00801. The lowest BCUT2D eigenvalue weighted by molar-refractivity contribution is 0.168. The number of aliphatic hydroxyl groups is 1. The summed E-state index contributed by atoms with van der Waals surface area (Å²) in [6, 6.07) is 3.09. The van der Waals surface area contributed by atoms with Crippen LogP contribution < -0.4 is 5.32 Å². The summed E-state index contributed by atoms with van der Waals surface area (Å²) in [5.74, 6) is -1.13. The molecule has 0 heterocycles. The third-order valence-electron chi connectivity index (χ3n) is 2.86. The van der Waals surface area contributed by atoms with E-state index in [1.54, 1.807) is 0 Å². The van der Waals surface area contributed by atoms with Crippen molar-refractivity contribution < 1.29 is 13.9 Å². The van der Waals surface area contributed by atoms with Crippen LogP contribution in [0.2, 0.25) is 0 Å². The Hall–Kier alpha value is -1.04. The Morgan fingerprint density at radius 3 is 2.78 bits per heavy atom. The van der Waals surface area contributed by atoms with Crippen LogP contribution in [0.15, 0.2) is 18.2 Å². The van der Waals surface area contributed by atoms with E-state index < -0.39 is 17.7 Å². The molecule has 0 aromatic heterocycles. The van der Waals surface area contributed by atoms with E-state index >= 15 is 0 Å². The smallest absolute Gasteiger partial charge is 0.129 e. The maximum Gasteiger partial charge on any atom is 0.129 e. The molecule has 2 N–H and O–H groups in total. The Morgan fingerprint density at radius 1 is 1.39 bits per heavy atom. The van der Waals surface area contributed by atoms with Gasteiger partial charge in [0.2, 0.25) is 0 Å². The van der Waals surface area contributed by atoms with Crippen molar-refractivity contribution in [3.05, 3.63) is 35.4 Å². The number of benzene rings is 1. The number of likely N-dealkylation sites (N-methyl/N-ethyl adjacent to an activating group) is 1.